The zero-order chi connectivity index (χ0) is 16.9. The maximum absolute atomic E-state index is 12.2. The van der Waals surface area contributed by atoms with Crippen LogP contribution in [0.3, 0.4) is 0 Å². The molecular formula is C18H20N2O3S. The Bertz CT molecular complexity index is 698. The summed E-state index contributed by atoms with van der Waals surface area (Å²) in [5, 5.41) is 2.82. The van der Waals surface area contributed by atoms with Crippen molar-refractivity contribution in [3.63, 3.8) is 0 Å². The highest BCUT2D eigenvalue weighted by molar-refractivity contribution is 8.00. The lowest BCUT2D eigenvalue weighted by Crippen LogP contribution is -2.27. The zero-order valence-electron chi connectivity index (χ0n) is 13.5. The fraction of sp³-hybridized carbons (Fsp3) is 0.333. The predicted molar refractivity (Wildman–Crippen MR) is 93.5 cm³/mol. The second kappa shape index (κ2) is 7.57. The third-order valence-corrected chi connectivity index (χ3v) is 5.12. The quantitative estimate of drug-likeness (QED) is 0.874. The lowest BCUT2D eigenvalue weighted by Gasteiger charge is -2.23. The molecule has 2 amide bonds. The molecule has 0 saturated carbocycles. The van der Waals surface area contributed by atoms with E-state index in [9.17, 15) is 9.59 Å². The first kappa shape index (κ1) is 16.6. The second-order valence-electron chi connectivity index (χ2n) is 5.64. The topological polar surface area (TPSA) is 62.6 Å². The number of carbonyl (C=O) groups is 2. The lowest BCUT2D eigenvalue weighted by molar-refractivity contribution is -0.128. The Morgan fingerprint density at radius 1 is 1.33 bits per heavy atom. The summed E-state index contributed by atoms with van der Waals surface area (Å²) in [5.41, 5.74) is 1.66. The maximum Gasteiger partial charge on any atom is 0.251 e. The Kier molecular flexibility index (Phi) is 5.25. The molecule has 24 heavy (non-hydrogen) atoms. The number of nitrogens with one attached hydrogen (secondary N) is 1. The first-order valence-electron chi connectivity index (χ1n) is 8.00. The molecule has 0 bridgehead atoms. The molecule has 126 valence electrons. The van der Waals surface area contributed by atoms with Crippen molar-refractivity contribution in [1.82, 2.24) is 10.2 Å². The normalized spacial score (nSPS) is 17.3. The van der Waals surface area contributed by atoms with Gasteiger partial charge in [0.05, 0.1) is 18.6 Å². The molecule has 5 nitrogen and oxygen atoms in total. The van der Waals surface area contributed by atoms with Crippen LogP contribution in [0.25, 0.3) is 0 Å². The van der Waals surface area contributed by atoms with Gasteiger partial charge >= 0.3 is 0 Å². The number of amides is 2. The van der Waals surface area contributed by atoms with E-state index in [1.54, 1.807) is 18.0 Å². The number of nitrogens with zero attached hydrogens (tertiary/aromatic N) is 1. The fourth-order valence-corrected chi connectivity index (χ4v) is 3.80. The first-order chi connectivity index (χ1) is 11.7. The molecule has 3 rings (SSSR count). The number of furan rings is 1. The molecule has 1 atom stereocenters. The van der Waals surface area contributed by atoms with Crippen molar-refractivity contribution in [3.8, 4) is 0 Å². The smallest absolute Gasteiger partial charge is 0.251 e. The van der Waals surface area contributed by atoms with E-state index < -0.39 is 0 Å². The molecule has 0 spiro atoms. The summed E-state index contributed by atoms with van der Waals surface area (Å²) in [6, 6.07) is 11.2. The molecule has 1 unspecified atom stereocenters. The molecule has 1 aliphatic rings. The minimum absolute atomic E-state index is 0.0460. The molecule has 1 aromatic heterocycles. The van der Waals surface area contributed by atoms with E-state index in [1.165, 1.54) is 0 Å². The molecule has 6 heteroatoms. The van der Waals surface area contributed by atoms with Crippen molar-refractivity contribution in [2.45, 2.75) is 25.3 Å². The van der Waals surface area contributed by atoms with Gasteiger partial charge in [0.1, 0.15) is 11.1 Å². The van der Waals surface area contributed by atoms with Crippen molar-refractivity contribution in [1.29, 1.82) is 0 Å². The van der Waals surface area contributed by atoms with Gasteiger partial charge in [-0.25, -0.2) is 0 Å². The predicted octanol–water partition coefficient (Wildman–Crippen LogP) is 3.19. The van der Waals surface area contributed by atoms with Crippen LogP contribution in [-0.4, -0.2) is 29.0 Å². The van der Waals surface area contributed by atoms with Crippen molar-refractivity contribution in [2.75, 3.05) is 12.3 Å². The van der Waals surface area contributed by atoms with Crippen molar-refractivity contribution >= 4 is 23.6 Å². The van der Waals surface area contributed by atoms with Gasteiger partial charge in [-0.2, -0.15) is 0 Å². The van der Waals surface area contributed by atoms with Crippen LogP contribution in [0.15, 0.2) is 47.1 Å². The van der Waals surface area contributed by atoms with Gasteiger partial charge in [0.15, 0.2) is 0 Å². The molecule has 1 aliphatic heterocycles. The van der Waals surface area contributed by atoms with Gasteiger partial charge in [0.25, 0.3) is 5.91 Å². The second-order valence-corrected chi connectivity index (χ2v) is 6.71. The van der Waals surface area contributed by atoms with Crippen LogP contribution < -0.4 is 5.32 Å². The summed E-state index contributed by atoms with van der Waals surface area (Å²) in [5.74, 6) is 1.27. The summed E-state index contributed by atoms with van der Waals surface area (Å²) in [4.78, 5) is 26.0. The minimum Gasteiger partial charge on any atom is -0.467 e. The maximum atomic E-state index is 12.2. The monoisotopic (exact) mass is 344 g/mol. The molecule has 2 heterocycles. The Hall–Kier alpha value is -2.21. The summed E-state index contributed by atoms with van der Waals surface area (Å²) < 4.78 is 5.36. The number of carbonyl (C=O) groups excluding carboxylic acids is 2. The van der Waals surface area contributed by atoms with Gasteiger partial charge in [-0.05, 0) is 36.2 Å². The number of hydrogen-bond acceptors (Lipinski definition) is 4. The number of thioether (sulfide) groups is 1. The van der Waals surface area contributed by atoms with Gasteiger partial charge in [-0.15, -0.1) is 11.8 Å². The van der Waals surface area contributed by atoms with E-state index in [-0.39, 0.29) is 17.2 Å². The largest absolute Gasteiger partial charge is 0.467 e. The van der Waals surface area contributed by atoms with Gasteiger partial charge in [-0.3, -0.25) is 9.59 Å². The van der Waals surface area contributed by atoms with Gasteiger partial charge in [0.2, 0.25) is 5.91 Å². The number of hydrogen-bond donors (Lipinski definition) is 1. The van der Waals surface area contributed by atoms with Crippen molar-refractivity contribution in [3.05, 3.63) is 59.5 Å². The van der Waals surface area contributed by atoms with E-state index in [0.717, 1.165) is 17.7 Å². The van der Waals surface area contributed by atoms with Crippen LogP contribution in [0, 0.1) is 0 Å². The van der Waals surface area contributed by atoms with E-state index in [0.29, 0.717) is 24.4 Å². The highest BCUT2D eigenvalue weighted by Crippen LogP contribution is 2.39. The molecule has 0 aliphatic carbocycles. The molecule has 1 saturated heterocycles. The summed E-state index contributed by atoms with van der Waals surface area (Å²) in [7, 11) is 0. The van der Waals surface area contributed by atoms with Crippen LogP contribution in [0.4, 0.5) is 0 Å². The van der Waals surface area contributed by atoms with Crippen LogP contribution in [0.5, 0.6) is 0 Å². The third-order valence-electron chi connectivity index (χ3n) is 3.87. The van der Waals surface area contributed by atoms with Gasteiger partial charge < -0.3 is 14.6 Å². The fourth-order valence-electron chi connectivity index (χ4n) is 2.61. The van der Waals surface area contributed by atoms with Crippen LogP contribution >= 0.6 is 11.8 Å². The van der Waals surface area contributed by atoms with Crippen LogP contribution in [0.2, 0.25) is 0 Å². The summed E-state index contributed by atoms with van der Waals surface area (Å²) >= 11 is 1.60. The van der Waals surface area contributed by atoms with Crippen LogP contribution in [-0.2, 0) is 11.3 Å². The number of benzene rings is 1. The minimum atomic E-state index is -0.0639. The lowest BCUT2D eigenvalue weighted by atomic mass is 10.1. The first-order valence-corrected chi connectivity index (χ1v) is 9.05. The molecule has 1 N–H and O–H groups in total. The summed E-state index contributed by atoms with van der Waals surface area (Å²) in [6.07, 6.45) is 2.52. The molecule has 1 aromatic carbocycles. The molecular weight excluding hydrogens is 324 g/mol. The Morgan fingerprint density at radius 2 is 2.12 bits per heavy atom. The van der Waals surface area contributed by atoms with Crippen molar-refractivity contribution in [2.24, 2.45) is 0 Å². The Labute approximate surface area is 145 Å². The highest BCUT2D eigenvalue weighted by atomic mass is 32.2. The highest BCUT2D eigenvalue weighted by Gasteiger charge is 2.33. The van der Waals surface area contributed by atoms with E-state index in [2.05, 4.69) is 5.32 Å². The van der Waals surface area contributed by atoms with E-state index in [1.807, 2.05) is 48.2 Å². The average molecular weight is 344 g/mol. The third kappa shape index (κ3) is 3.64. The van der Waals surface area contributed by atoms with E-state index in [4.69, 9.17) is 4.42 Å². The molecule has 1 fully saturated rings. The standard InChI is InChI=1S/C18H20N2O3S/c1-2-9-19-17(22)13-5-7-14(8-6-13)18-20(16(21)12-24-18)11-15-4-3-10-23-15/h3-8,10,18H,2,9,11-12H2,1H3,(H,19,22). The van der Waals surface area contributed by atoms with Gasteiger partial charge in [-0.1, -0.05) is 19.1 Å². The van der Waals surface area contributed by atoms with Crippen molar-refractivity contribution < 1.29 is 14.0 Å². The SMILES string of the molecule is CCCNC(=O)c1ccc(C2SCC(=O)N2Cc2ccco2)cc1. The zero-order valence-corrected chi connectivity index (χ0v) is 14.3. The molecule has 2 aromatic rings. The molecule has 0 radical (unpaired) electrons. The Balaban J connectivity index is 1.72. The average Bonchev–Trinajstić information content (AvgIpc) is 3.24. The van der Waals surface area contributed by atoms with Crippen LogP contribution in [0.1, 0.15) is 40.4 Å². The Morgan fingerprint density at radius 3 is 2.79 bits per heavy atom. The number of rotatable bonds is 6. The summed E-state index contributed by atoms with van der Waals surface area (Å²) in [6.45, 7) is 3.15. The van der Waals surface area contributed by atoms with E-state index >= 15 is 0 Å². The van der Waals surface area contributed by atoms with Gasteiger partial charge in [0, 0.05) is 12.1 Å².